The molecular weight excluding hydrogens is 212 g/mol. The number of hydrogen-bond acceptors (Lipinski definition) is 3. The maximum absolute atomic E-state index is 5.23. The summed E-state index contributed by atoms with van der Waals surface area (Å²) >= 11 is 0. The van der Waals surface area contributed by atoms with Gasteiger partial charge in [0.1, 0.15) is 5.75 Å². The zero-order valence-corrected chi connectivity index (χ0v) is 9.63. The van der Waals surface area contributed by atoms with Gasteiger partial charge in [-0.2, -0.15) is 5.10 Å². The minimum atomic E-state index is 0.811. The Balaban J connectivity index is 2.06. The molecule has 0 unspecified atom stereocenters. The number of nitrogens with one attached hydrogen (secondary N) is 1. The van der Waals surface area contributed by atoms with Crippen LogP contribution in [0, 0.1) is 0 Å². The predicted molar refractivity (Wildman–Crippen MR) is 70.7 cm³/mol. The lowest BCUT2D eigenvalue weighted by atomic mass is 10.2. The van der Waals surface area contributed by atoms with Crippen molar-refractivity contribution < 1.29 is 4.74 Å². The lowest BCUT2D eigenvalue weighted by Gasteiger charge is -2.03. The molecule has 0 radical (unpaired) electrons. The van der Waals surface area contributed by atoms with Gasteiger partial charge in [0, 0.05) is 5.56 Å². The second-order valence-electron chi connectivity index (χ2n) is 3.48. The molecule has 0 aliphatic carbocycles. The van der Waals surface area contributed by atoms with Gasteiger partial charge in [0.2, 0.25) is 0 Å². The van der Waals surface area contributed by atoms with E-state index in [-0.39, 0.29) is 0 Å². The van der Waals surface area contributed by atoms with Crippen molar-refractivity contribution in [1.82, 2.24) is 0 Å². The number of ether oxygens (including phenoxy) is 1. The minimum absolute atomic E-state index is 0.811. The Morgan fingerprint density at radius 2 is 1.71 bits per heavy atom. The second-order valence-corrected chi connectivity index (χ2v) is 3.48. The number of benzene rings is 2. The number of para-hydroxylation sites is 2. The first-order valence-electron chi connectivity index (χ1n) is 5.37. The van der Waals surface area contributed by atoms with Crippen molar-refractivity contribution in [2.45, 2.75) is 0 Å². The van der Waals surface area contributed by atoms with E-state index in [9.17, 15) is 0 Å². The number of anilines is 1. The maximum Gasteiger partial charge on any atom is 0.127 e. The molecule has 3 heteroatoms. The van der Waals surface area contributed by atoms with E-state index in [0.29, 0.717) is 0 Å². The van der Waals surface area contributed by atoms with Crippen LogP contribution >= 0.6 is 0 Å². The van der Waals surface area contributed by atoms with Crippen LogP contribution in [0.15, 0.2) is 59.7 Å². The van der Waals surface area contributed by atoms with Crippen molar-refractivity contribution in [1.29, 1.82) is 0 Å². The zero-order chi connectivity index (χ0) is 11.9. The largest absolute Gasteiger partial charge is 0.496 e. The van der Waals surface area contributed by atoms with Gasteiger partial charge >= 0.3 is 0 Å². The van der Waals surface area contributed by atoms with E-state index in [0.717, 1.165) is 17.0 Å². The summed E-state index contributed by atoms with van der Waals surface area (Å²) in [6.07, 6.45) is 1.74. The Kier molecular flexibility index (Phi) is 3.76. The summed E-state index contributed by atoms with van der Waals surface area (Å²) < 4.78 is 5.23. The van der Waals surface area contributed by atoms with Crippen LogP contribution in [0.4, 0.5) is 5.69 Å². The Labute approximate surface area is 101 Å². The van der Waals surface area contributed by atoms with E-state index in [2.05, 4.69) is 10.5 Å². The van der Waals surface area contributed by atoms with Crippen molar-refractivity contribution in [3.8, 4) is 5.75 Å². The molecule has 3 nitrogen and oxygen atoms in total. The fraction of sp³-hybridized carbons (Fsp3) is 0.0714. The molecule has 1 N–H and O–H groups in total. The Morgan fingerprint density at radius 3 is 2.47 bits per heavy atom. The Bertz CT molecular complexity index is 495. The predicted octanol–water partition coefficient (Wildman–Crippen LogP) is 3.14. The first-order valence-corrected chi connectivity index (χ1v) is 5.37. The molecule has 17 heavy (non-hydrogen) atoms. The SMILES string of the molecule is COc1ccccc1/C=N\Nc1ccccc1. The van der Waals surface area contributed by atoms with Gasteiger partial charge < -0.3 is 4.74 Å². The summed E-state index contributed by atoms with van der Waals surface area (Å²) in [5, 5.41) is 4.17. The molecule has 0 spiro atoms. The molecule has 0 bridgehead atoms. The highest BCUT2D eigenvalue weighted by Gasteiger charge is 1.96. The summed E-state index contributed by atoms with van der Waals surface area (Å²) in [4.78, 5) is 0. The topological polar surface area (TPSA) is 33.6 Å². The molecule has 0 amide bonds. The van der Waals surface area contributed by atoms with Crippen molar-refractivity contribution in [3.05, 3.63) is 60.2 Å². The van der Waals surface area contributed by atoms with Crippen LogP contribution in [0.2, 0.25) is 0 Å². The average Bonchev–Trinajstić information content (AvgIpc) is 2.40. The van der Waals surface area contributed by atoms with Gasteiger partial charge in [-0.05, 0) is 24.3 Å². The van der Waals surface area contributed by atoms with E-state index in [4.69, 9.17) is 4.74 Å². The van der Waals surface area contributed by atoms with Crippen LogP contribution in [0.5, 0.6) is 5.75 Å². The highest BCUT2D eigenvalue weighted by molar-refractivity contribution is 5.83. The third-order valence-electron chi connectivity index (χ3n) is 2.31. The molecule has 0 atom stereocenters. The molecule has 2 aromatic rings. The third-order valence-corrected chi connectivity index (χ3v) is 2.31. The second kappa shape index (κ2) is 5.70. The third kappa shape index (κ3) is 3.08. The average molecular weight is 226 g/mol. The molecule has 0 saturated carbocycles. The van der Waals surface area contributed by atoms with Crippen LogP contribution < -0.4 is 10.2 Å². The normalized spacial score (nSPS) is 10.4. The molecule has 2 rings (SSSR count). The number of rotatable bonds is 4. The van der Waals surface area contributed by atoms with E-state index >= 15 is 0 Å². The fourth-order valence-corrected chi connectivity index (χ4v) is 1.46. The van der Waals surface area contributed by atoms with Crippen LogP contribution in [0.3, 0.4) is 0 Å². The number of methoxy groups -OCH3 is 1. The van der Waals surface area contributed by atoms with E-state index in [1.807, 2.05) is 54.6 Å². The molecule has 0 heterocycles. The quantitative estimate of drug-likeness (QED) is 0.642. The highest BCUT2D eigenvalue weighted by Crippen LogP contribution is 2.14. The molecular formula is C14H14N2O. The van der Waals surface area contributed by atoms with Gasteiger partial charge in [0.05, 0.1) is 19.0 Å². The van der Waals surface area contributed by atoms with Crippen molar-refractivity contribution >= 4 is 11.9 Å². The van der Waals surface area contributed by atoms with E-state index in [1.54, 1.807) is 13.3 Å². The standard InChI is InChI=1S/C14H14N2O/c1-17-14-10-6-5-7-12(14)11-15-16-13-8-3-2-4-9-13/h2-11,16H,1H3/b15-11-. The van der Waals surface area contributed by atoms with Crippen molar-refractivity contribution in [2.24, 2.45) is 5.10 Å². The van der Waals surface area contributed by atoms with Gasteiger partial charge in [-0.25, -0.2) is 0 Å². The summed E-state index contributed by atoms with van der Waals surface area (Å²) in [5.74, 6) is 0.811. The number of hydrogen-bond donors (Lipinski definition) is 1. The molecule has 0 aliphatic rings. The zero-order valence-electron chi connectivity index (χ0n) is 9.63. The molecule has 2 aromatic carbocycles. The Hall–Kier alpha value is -2.29. The maximum atomic E-state index is 5.23. The van der Waals surface area contributed by atoms with E-state index < -0.39 is 0 Å². The lowest BCUT2D eigenvalue weighted by molar-refractivity contribution is 0.414. The summed E-state index contributed by atoms with van der Waals surface area (Å²) in [7, 11) is 1.65. The van der Waals surface area contributed by atoms with Crippen LogP contribution in [0.25, 0.3) is 0 Å². The monoisotopic (exact) mass is 226 g/mol. The highest BCUT2D eigenvalue weighted by atomic mass is 16.5. The van der Waals surface area contributed by atoms with E-state index in [1.165, 1.54) is 0 Å². The van der Waals surface area contributed by atoms with Gasteiger partial charge in [-0.15, -0.1) is 0 Å². The number of hydrazone groups is 1. The van der Waals surface area contributed by atoms with Crippen LogP contribution in [0.1, 0.15) is 5.56 Å². The molecule has 0 fully saturated rings. The molecule has 0 aromatic heterocycles. The first-order chi connectivity index (χ1) is 8.40. The van der Waals surface area contributed by atoms with Crippen LogP contribution in [-0.4, -0.2) is 13.3 Å². The van der Waals surface area contributed by atoms with Crippen LogP contribution in [-0.2, 0) is 0 Å². The lowest BCUT2D eigenvalue weighted by Crippen LogP contribution is -1.93. The summed E-state index contributed by atoms with van der Waals surface area (Å²) in [5.41, 5.74) is 4.86. The Morgan fingerprint density at radius 1 is 1.00 bits per heavy atom. The fourth-order valence-electron chi connectivity index (χ4n) is 1.46. The smallest absolute Gasteiger partial charge is 0.127 e. The minimum Gasteiger partial charge on any atom is -0.496 e. The molecule has 86 valence electrons. The molecule has 0 saturated heterocycles. The van der Waals surface area contributed by atoms with Crippen molar-refractivity contribution in [2.75, 3.05) is 12.5 Å². The van der Waals surface area contributed by atoms with Gasteiger partial charge in [-0.1, -0.05) is 30.3 Å². The summed E-state index contributed by atoms with van der Waals surface area (Å²) in [6.45, 7) is 0. The van der Waals surface area contributed by atoms with Gasteiger partial charge in [-0.3, -0.25) is 5.43 Å². The van der Waals surface area contributed by atoms with Gasteiger partial charge in [0.15, 0.2) is 0 Å². The number of nitrogens with zero attached hydrogens (tertiary/aromatic N) is 1. The summed E-state index contributed by atoms with van der Waals surface area (Å²) in [6, 6.07) is 17.5. The first kappa shape index (κ1) is 11.2. The molecule has 0 aliphatic heterocycles. The van der Waals surface area contributed by atoms with Crippen molar-refractivity contribution in [3.63, 3.8) is 0 Å². The van der Waals surface area contributed by atoms with Gasteiger partial charge in [0.25, 0.3) is 0 Å².